The maximum atomic E-state index is 14.3. The molecule has 3 N–H and O–H groups in total. The fourth-order valence-electron chi connectivity index (χ4n) is 3.87. The third-order valence-electron chi connectivity index (χ3n) is 5.43. The number of aliphatic carboxylic acids is 1. The Labute approximate surface area is 200 Å². The summed E-state index contributed by atoms with van der Waals surface area (Å²) in [4.78, 5) is 33.6. The van der Waals surface area contributed by atoms with Crippen molar-refractivity contribution < 1.29 is 19.1 Å². The van der Waals surface area contributed by atoms with Crippen molar-refractivity contribution in [3.05, 3.63) is 84.5 Å². The molecule has 0 spiro atoms. The number of hydrogen-bond donors (Lipinski definition) is 2. The van der Waals surface area contributed by atoms with Crippen molar-refractivity contribution in [3.8, 4) is 11.3 Å². The molecule has 0 unspecified atom stereocenters. The van der Waals surface area contributed by atoms with Gasteiger partial charge in [0.1, 0.15) is 23.7 Å². The molecule has 0 fully saturated rings. The van der Waals surface area contributed by atoms with Crippen LogP contribution >= 0.6 is 0 Å². The maximum Gasteiger partial charge on any atom is 0.307 e. The molecule has 0 radical (unpaired) electrons. The first-order valence-corrected chi connectivity index (χ1v) is 10.8. The number of nitrogens with zero attached hydrogens (tertiary/aromatic N) is 5. The number of carboxylic acids is 1. The van der Waals surface area contributed by atoms with E-state index in [1.807, 2.05) is 30.3 Å². The molecular weight excluding hydrogens is 451 g/mol. The summed E-state index contributed by atoms with van der Waals surface area (Å²) in [5.74, 6) is -1.75. The summed E-state index contributed by atoms with van der Waals surface area (Å²) in [6.07, 6.45) is 2.22. The first-order chi connectivity index (χ1) is 16.9. The van der Waals surface area contributed by atoms with Crippen molar-refractivity contribution in [2.45, 2.75) is 19.5 Å². The van der Waals surface area contributed by atoms with Gasteiger partial charge in [0.2, 0.25) is 5.91 Å². The van der Waals surface area contributed by atoms with E-state index < -0.39 is 11.8 Å². The number of anilines is 1. The minimum atomic E-state index is -1.08. The van der Waals surface area contributed by atoms with E-state index in [2.05, 4.69) is 21.6 Å². The predicted molar refractivity (Wildman–Crippen MR) is 129 cm³/mol. The highest BCUT2D eigenvalue weighted by Crippen LogP contribution is 2.31. The van der Waals surface area contributed by atoms with E-state index in [0.717, 1.165) is 5.56 Å². The molecular formula is C25H23FN6O3. The molecule has 4 aromatic rings. The van der Waals surface area contributed by atoms with Gasteiger partial charge in [0, 0.05) is 18.7 Å². The highest BCUT2D eigenvalue weighted by Gasteiger charge is 2.20. The van der Waals surface area contributed by atoms with Gasteiger partial charge in [-0.05, 0) is 35.4 Å². The molecule has 2 heterocycles. The third-order valence-corrected chi connectivity index (χ3v) is 5.43. The summed E-state index contributed by atoms with van der Waals surface area (Å²) < 4.78 is 15.9. The van der Waals surface area contributed by atoms with Crippen molar-refractivity contribution in [2.75, 3.05) is 12.3 Å². The normalized spacial score (nSPS) is 10.9. The summed E-state index contributed by atoms with van der Waals surface area (Å²) in [5, 5.41) is 14.1. The molecule has 9 nitrogen and oxygen atoms in total. The summed E-state index contributed by atoms with van der Waals surface area (Å²) in [6.45, 7) is 4.55. The van der Waals surface area contributed by atoms with Crippen LogP contribution < -0.4 is 5.73 Å². The van der Waals surface area contributed by atoms with E-state index in [1.165, 1.54) is 24.5 Å². The number of halogens is 1. The average molecular weight is 474 g/mol. The van der Waals surface area contributed by atoms with Gasteiger partial charge in [-0.25, -0.2) is 19.0 Å². The Hall–Kier alpha value is -4.60. The summed E-state index contributed by atoms with van der Waals surface area (Å²) in [5.41, 5.74) is 8.48. The zero-order chi connectivity index (χ0) is 24.9. The quantitative estimate of drug-likeness (QED) is 0.357. The van der Waals surface area contributed by atoms with E-state index in [1.54, 1.807) is 15.6 Å². The first-order valence-electron chi connectivity index (χ1n) is 10.8. The van der Waals surface area contributed by atoms with Crippen LogP contribution in [0.4, 0.5) is 10.2 Å². The number of hydrogen-bond acceptors (Lipinski definition) is 6. The topological polar surface area (TPSA) is 127 Å². The van der Waals surface area contributed by atoms with Gasteiger partial charge in [-0.2, -0.15) is 5.10 Å². The smallest absolute Gasteiger partial charge is 0.307 e. The Kier molecular flexibility index (Phi) is 6.81. The molecule has 178 valence electrons. The number of benzene rings is 2. The lowest BCUT2D eigenvalue weighted by Crippen LogP contribution is -2.32. The largest absolute Gasteiger partial charge is 0.481 e. The van der Waals surface area contributed by atoms with Gasteiger partial charge < -0.3 is 15.7 Å². The highest BCUT2D eigenvalue weighted by atomic mass is 19.1. The lowest BCUT2D eigenvalue weighted by atomic mass is 10.0. The van der Waals surface area contributed by atoms with Crippen LogP contribution in [0.5, 0.6) is 0 Å². The molecule has 35 heavy (non-hydrogen) atoms. The lowest BCUT2D eigenvalue weighted by molar-refractivity contribution is -0.136. The number of amides is 1. The van der Waals surface area contributed by atoms with Gasteiger partial charge in [0.05, 0.1) is 18.4 Å². The van der Waals surface area contributed by atoms with Crippen LogP contribution in [0.2, 0.25) is 0 Å². The van der Waals surface area contributed by atoms with E-state index in [9.17, 15) is 14.0 Å². The zero-order valence-corrected chi connectivity index (χ0v) is 18.8. The second-order valence-corrected chi connectivity index (χ2v) is 7.90. The summed E-state index contributed by atoms with van der Waals surface area (Å²) >= 11 is 0. The second kappa shape index (κ2) is 10.1. The molecule has 2 aromatic carbocycles. The zero-order valence-electron chi connectivity index (χ0n) is 18.8. The molecule has 0 atom stereocenters. The Morgan fingerprint density at radius 2 is 1.91 bits per heavy atom. The number of nitrogens with two attached hydrogens (primary N) is 1. The fraction of sp³-hybridized carbons (Fsp3) is 0.160. The molecule has 1 amide bonds. The fourth-order valence-corrected chi connectivity index (χ4v) is 3.87. The van der Waals surface area contributed by atoms with E-state index in [-0.39, 0.29) is 30.3 Å². The highest BCUT2D eigenvalue weighted by molar-refractivity contribution is 5.98. The van der Waals surface area contributed by atoms with Gasteiger partial charge >= 0.3 is 5.97 Å². The van der Waals surface area contributed by atoms with Gasteiger partial charge in [-0.1, -0.05) is 36.9 Å². The minimum Gasteiger partial charge on any atom is -0.481 e. The Morgan fingerprint density at radius 3 is 2.63 bits per heavy atom. The molecule has 10 heteroatoms. The Balaban J connectivity index is 1.70. The molecule has 4 rings (SSSR count). The lowest BCUT2D eigenvalue weighted by Gasteiger charge is -2.21. The molecule has 0 bridgehead atoms. The van der Waals surface area contributed by atoms with Crippen LogP contribution in [0.25, 0.3) is 22.3 Å². The summed E-state index contributed by atoms with van der Waals surface area (Å²) in [7, 11) is 0. The number of fused-ring (bicyclic) bond motifs is 1. The van der Waals surface area contributed by atoms with Crippen LogP contribution in [-0.2, 0) is 29.1 Å². The number of aromatic nitrogens is 4. The molecule has 0 aliphatic heterocycles. The van der Waals surface area contributed by atoms with Crippen LogP contribution in [0.3, 0.4) is 0 Å². The van der Waals surface area contributed by atoms with Gasteiger partial charge in [0.25, 0.3) is 0 Å². The first kappa shape index (κ1) is 23.6. The van der Waals surface area contributed by atoms with E-state index >= 15 is 0 Å². The van der Waals surface area contributed by atoms with Crippen molar-refractivity contribution in [3.63, 3.8) is 0 Å². The molecule has 2 aromatic heterocycles. The second-order valence-electron chi connectivity index (χ2n) is 7.90. The number of carbonyl (C=O) groups excluding carboxylic acids is 1. The Morgan fingerprint density at radius 1 is 1.14 bits per heavy atom. The Bertz CT molecular complexity index is 1400. The standard InChI is InChI=1S/C25H23FN6O3/c1-2-20(33)31(14-16-6-4-3-5-7-16)8-9-32-25-22(24(27)28-15-29-25)23(30-32)18-10-17(12-21(34)35)11-19(26)13-18/h2-7,10-11,13,15H,1,8-9,12,14H2,(H,34,35)(H2,27,28,29). The van der Waals surface area contributed by atoms with E-state index in [0.29, 0.717) is 35.4 Å². The summed E-state index contributed by atoms with van der Waals surface area (Å²) in [6, 6.07) is 13.5. The van der Waals surface area contributed by atoms with E-state index in [4.69, 9.17) is 10.8 Å². The van der Waals surface area contributed by atoms with Crippen molar-refractivity contribution in [2.24, 2.45) is 0 Å². The molecule has 0 aliphatic carbocycles. The van der Waals surface area contributed by atoms with Crippen LogP contribution in [0.15, 0.2) is 67.5 Å². The predicted octanol–water partition coefficient (Wildman–Crippen LogP) is 3.06. The number of rotatable bonds is 9. The van der Waals surface area contributed by atoms with Crippen molar-refractivity contribution in [1.82, 2.24) is 24.6 Å². The molecule has 0 aliphatic rings. The number of carbonyl (C=O) groups is 2. The molecule has 0 saturated carbocycles. The van der Waals surface area contributed by atoms with Crippen LogP contribution in [0, 0.1) is 5.82 Å². The third kappa shape index (κ3) is 5.32. The average Bonchev–Trinajstić information content (AvgIpc) is 3.21. The minimum absolute atomic E-state index is 0.156. The molecule has 0 saturated heterocycles. The van der Waals surface area contributed by atoms with Crippen LogP contribution in [-0.4, -0.2) is 48.2 Å². The maximum absolute atomic E-state index is 14.3. The van der Waals surface area contributed by atoms with Gasteiger partial charge in [-0.3, -0.25) is 9.59 Å². The monoisotopic (exact) mass is 474 g/mol. The SMILES string of the molecule is C=CC(=O)N(CCn1nc(-c2cc(F)cc(CC(=O)O)c2)c2c(N)ncnc21)Cc1ccccc1. The van der Waals surface area contributed by atoms with Crippen molar-refractivity contribution >= 4 is 28.7 Å². The van der Waals surface area contributed by atoms with Gasteiger partial charge in [0.15, 0.2) is 5.65 Å². The number of nitrogen functional groups attached to an aromatic ring is 1. The van der Waals surface area contributed by atoms with Crippen LogP contribution in [0.1, 0.15) is 11.1 Å². The number of carboxylic acid groups (broad SMARTS) is 1. The van der Waals surface area contributed by atoms with Gasteiger partial charge in [-0.15, -0.1) is 0 Å². The van der Waals surface area contributed by atoms with Crippen molar-refractivity contribution in [1.29, 1.82) is 0 Å².